The molecule has 0 spiro atoms. The molecule has 1 saturated heterocycles. The highest BCUT2D eigenvalue weighted by atomic mass is 16.5. The van der Waals surface area contributed by atoms with E-state index in [1.165, 1.54) is 21.8 Å². The Morgan fingerprint density at radius 3 is 2.79 bits per heavy atom. The molecule has 28 heavy (non-hydrogen) atoms. The Balaban J connectivity index is 1.71. The van der Waals surface area contributed by atoms with Crippen molar-refractivity contribution in [2.45, 2.75) is 46.3 Å². The van der Waals surface area contributed by atoms with Crippen LogP contribution < -0.4 is 5.32 Å². The molecule has 5 nitrogen and oxygen atoms in total. The van der Waals surface area contributed by atoms with Crippen LogP contribution in [0.4, 0.5) is 5.69 Å². The average molecular weight is 380 g/mol. The predicted octanol–water partition coefficient (Wildman–Crippen LogP) is 4.74. The Morgan fingerprint density at radius 1 is 1.29 bits per heavy atom. The third-order valence-electron chi connectivity index (χ3n) is 5.57. The normalized spacial score (nSPS) is 17.1. The van der Waals surface area contributed by atoms with Crippen LogP contribution >= 0.6 is 0 Å². The summed E-state index contributed by atoms with van der Waals surface area (Å²) in [7, 11) is 0. The highest BCUT2D eigenvalue weighted by Crippen LogP contribution is 2.38. The first-order chi connectivity index (χ1) is 13.5. The third kappa shape index (κ3) is 3.29. The molecular weight excluding hydrogens is 352 g/mol. The van der Waals surface area contributed by atoms with E-state index >= 15 is 0 Å². The fourth-order valence-corrected chi connectivity index (χ4v) is 4.28. The van der Waals surface area contributed by atoms with E-state index in [0.717, 1.165) is 23.2 Å². The second-order valence-corrected chi connectivity index (χ2v) is 7.91. The third-order valence-corrected chi connectivity index (χ3v) is 5.57. The summed E-state index contributed by atoms with van der Waals surface area (Å²) in [6, 6.07) is 11.0. The first-order valence-corrected chi connectivity index (χ1v) is 9.99. The van der Waals surface area contributed by atoms with E-state index in [2.05, 4.69) is 67.9 Å². The number of aromatic nitrogens is 1. The first-order valence-electron chi connectivity index (χ1n) is 9.99. The predicted molar refractivity (Wildman–Crippen MR) is 113 cm³/mol. The lowest BCUT2D eigenvalue weighted by molar-refractivity contribution is -0.122. The van der Waals surface area contributed by atoms with E-state index in [0.29, 0.717) is 19.3 Å². The number of carbonyl (C=O) groups is 1. The number of rotatable bonds is 5. The SMILES string of the molecule is Cc1cc2c(c(C)c1NC(=O)COC1CCOC1)c1ccccc1n2C(C)C. The Hall–Kier alpha value is -2.37. The molecule has 5 heteroatoms. The number of carbonyl (C=O) groups excluding carboxylic acids is 1. The number of hydrogen-bond donors (Lipinski definition) is 1. The molecule has 148 valence electrons. The van der Waals surface area contributed by atoms with Gasteiger partial charge in [0.25, 0.3) is 0 Å². The molecule has 3 aromatic rings. The van der Waals surface area contributed by atoms with Gasteiger partial charge in [-0.05, 0) is 57.4 Å². The number of hydrogen-bond acceptors (Lipinski definition) is 3. The van der Waals surface area contributed by atoms with E-state index in [1.807, 2.05) is 0 Å². The zero-order valence-corrected chi connectivity index (χ0v) is 17.0. The second-order valence-electron chi connectivity index (χ2n) is 7.91. The zero-order valence-electron chi connectivity index (χ0n) is 17.0. The number of ether oxygens (including phenoxy) is 2. The summed E-state index contributed by atoms with van der Waals surface area (Å²) in [6.45, 7) is 9.89. The number of benzene rings is 2. The number of fused-ring (bicyclic) bond motifs is 3. The van der Waals surface area contributed by atoms with Crippen LogP contribution in [-0.4, -0.2) is 36.4 Å². The number of anilines is 1. The van der Waals surface area contributed by atoms with Crippen molar-refractivity contribution in [1.29, 1.82) is 0 Å². The Kier molecular flexibility index (Phi) is 5.13. The lowest BCUT2D eigenvalue weighted by Gasteiger charge is -2.16. The van der Waals surface area contributed by atoms with Crippen LogP contribution in [0.1, 0.15) is 37.4 Å². The summed E-state index contributed by atoms with van der Waals surface area (Å²) in [5, 5.41) is 5.51. The number of amides is 1. The zero-order chi connectivity index (χ0) is 19.8. The van der Waals surface area contributed by atoms with Crippen molar-refractivity contribution < 1.29 is 14.3 Å². The smallest absolute Gasteiger partial charge is 0.250 e. The van der Waals surface area contributed by atoms with Crippen LogP contribution in [-0.2, 0) is 14.3 Å². The molecule has 2 aromatic carbocycles. The number of para-hydroxylation sites is 1. The lowest BCUT2D eigenvalue weighted by Crippen LogP contribution is -2.24. The molecule has 1 N–H and O–H groups in total. The van der Waals surface area contributed by atoms with Gasteiger partial charge in [0.15, 0.2) is 0 Å². The Labute approximate surface area is 165 Å². The van der Waals surface area contributed by atoms with Gasteiger partial charge in [-0.1, -0.05) is 18.2 Å². The Morgan fingerprint density at radius 2 is 2.07 bits per heavy atom. The minimum Gasteiger partial charge on any atom is -0.379 e. The second kappa shape index (κ2) is 7.57. The topological polar surface area (TPSA) is 52.5 Å². The molecule has 1 aliphatic rings. The molecule has 1 amide bonds. The molecule has 1 unspecified atom stereocenters. The van der Waals surface area contributed by atoms with Crippen LogP contribution in [0.25, 0.3) is 21.8 Å². The summed E-state index contributed by atoms with van der Waals surface area (Å²) in [4.78, 5) is 12.5. The van der Waals surface area contributed by atoms with Crippen molar-refractivity contribution in [1.82, 2.24) is 4.57 Å². The maximum absolute atomic E-state index is 12.5. The van der Waals surface area contributed by atoms with Gasteiger partial charge in [-0.2, -0.15) is 0 Å². The van der Waals surface area contributed by atoms with Gasteiger partial charge in [0.05, 0.1) is 18.2 Å². The average Bonchev–Trinajstić information content (AvgIpc) is 3.28. The molecule has 0 bridgehead atoms. The highest BCUT2D eigenvalue weighted by Gasteiger charge is 2.20. The minimum atomic E-state index is -0.120. The van der Waals surface area contributed by atoms with E-state index in [-0.39, 0.29) is 18.6 Å². The molecular formula is C23H28N2O3. The van der Waals surface area contributed by atoms with Crippen LogP contribution in [0.15, 0.2) is 30.3 Å². The van der Waals surface area contributed by atoms with Gasteiger partial charge in [0, 0.05) is 34.6 Å². The molecule has 0 saturated carbocycles. The van der Waals surface area contributed by atoms with Crippen molar-refractivity contribution >= 4 is 33.4 Å². The minimum absolute atomic E-state index is 0.0273. The molecule has 0 aliphatic carbocycles. The summed E-state index contributed by atoms with van der Waals surface area (Å²) in [6.07, 6.45) is 0.880. The van der Waals surface area contributed by atoms with Gasteiger partial charge in [-0.25, -0.2) is 0 Å². The highest BCUT2D eigenvalue weighted by molar-refractivity contribution is 6.12. The van der Waals surface area contributed by atoms with Crippen molar-refractivity contribution in [2.75, 3.05) is 25.1 Å². The fraction of sp³-hybridized carbons (Fsp3) is 0.435. The number of nitrogens with one attached hydrogen (secondary N) is 1. The maximum atomic E-state index is 12.5. The van der Waals surface area contributed by atoms with Crippen molar-refractivity contribution in [3.8, 4) is 0 Å². The monoisotopic (exact) mass is 380 g/mol. The summed E-state index contributed by atoms with van der Waals surface area (Å²) in [5.41, 5.74) is 5.48. The van der Waals surface area contributed by atoms with Crippen LogP contribution in [0.2, 0.25) is 0 Å². The van der Waals surface area contributed by atoms with E-state index in [4.69, 9.17) is 9.47 Å². The van der Waals surface area contributed by atoms with Gasteiger partial charge in [-0.15, -0.1) is 0 Å². The molecule has 2 heterocycles. The van der Waals surface area contributed by atoms with Gasteiger partial charge in [-0.3, -0.25) is 4.79 Å². The van der Waals surface area contributed by atoms with Gasteiger partial charge < -0.3 is 19.4 Å². The first kappa shape index (κ1) is 19.0. The number of nitrogens with zero attached hydrogens (tertiary/aromatic N) is 1. The van der Waals surface area contributed by atoms with Gasteiger partial charge >= 0.3 is 0 Å². The standard InChI is InChI=1S/C23H28N2O3/c1-14(2)25-19-8-6-5-7-18(19)22-16(4)23(15(3)11-20(22)25)24-21(26)13-28-17-9-10-27-12-17/h5-8,11,14,17H,9-10,12-13H2,1-4H3,(H,24,26). The van der Waals surface area contributed by atoms with Crippen LogP contribution in [0.5, 0.6) is 0 Å². The van der Waals surface area contributed by atoms with Crippen molar-refractivity contribution in [3.05, 3.63) is 41.5 Å². The largest absolute Gasteiger partial charge is 0.379 e. The summed E-state index contributed by atoms with van der Waals surface area (Å²) in [5.74, 6) is -0.120. The van der Waals surface area contributed by atoms with Crippen molar-refractivity contribution in [3.63, 3.8) is 0 Å². The van der Waals surface area contributed by atoms with E-state index < -0.39 is 0 Å². The van der Waals surface area contributed by atoms with Crippen LogP contribution in [0, 0.1) is 13.8 Å². The van der Waals surface area contributed by atoms with E-state index in [9.17, 15) is 4.79 Å². The Bertz CT molecular complexity index is 1030. The molecule has 4 rings (SSSR count). The quantitative estimate of drug-likeness (QED) is 0.696. The molecule has 1 aliphatic heterocycles. The lowest BCUT2D eigenvalue weighted by atomic mass is 10.0. The van der Waals surface area contributed by atoms with Gasteiger partial charge in [0.1, 0.15) is 6.61 Å². The molecule has 1 fully saturated rings. The molecule has 1 atom stereocenters. The summed E-state index contributed by atoms with van der Waals surface area (Å²) < 4.78 is 13.3. The summed E-state index contributed by atoms with van der Waals surface area (Å²) >= 11 is 0. The van der Waals surface area contributed by atoms with Crippen LogP contribution in [0.3, 0.4) is 0 Å². The molecule has 1 aromatic heterocycles. The number of aryl methyl sites for hydroxylation is 2. The molecule has 0 radical (unpaired) electrons. The van der Waals surface area contributed by atoms with Crippen molar-refractivity contribution in [2.24, 2.45) is 0 Å². The van der Waals surface area contributed by atoms with Gasteiger partial charge in [0.2, 0.25) is 5.91 Å². The maximum Gasteiger partial charge on any atom is 0.250 e. The van der Waals surface area contributed by atoms with E-state index in [1.54, 1.807) is 0 Å². The fourth-order valence-electron chi connectivity index (χ4n) is 4.28.